The third-order valence-corrected chi connectivity index (χ3v) is 4.41. The molecule has 0 radical (unpaired) electrons. The summed E-state index contributed by atoms with van der Waals surface area (Å²) in [5, 5.41) is 9.49. The molecule has 1 aromatic heterocycles. The molecule has 0 aliphatic carbocycles. The molecule has 0 bridgehead atoms. The number of hydrogen-bond acceptors (Lipinski definition) is 3. The fourth-order valence-electron chi connectivity index (χ4n) is 3.32. The van der Waals surface area contributed by atoms with Crippen molar-refractivity contribution in [3.05, 3.63) is 30.0 Å². The molecule has 4 nitrogen and oxygen atoms in total. The molecule has 1 fully saturated rings. The second kappa shape index (κ2) is 5.94. The largest absolute Gasteiger partial charge is 0.310 e. The van der Waals surface area contributed by atoms with Gasteiger partial charge in [-0.2, -0.15) is 5.10 Å². The van der Waals surface area contributed by atoms with E-state index in [4.69, 9.17) is 0 Å². The number of fused-ring (bicyclic) bond motifs is 1. The highest BCUT2D eigenvalue weighted by atomic mass is 15.3. The Labute approximate surface area is 120 Å². The lowest BCUT2D eigenvalue weighted by molar-refractivity contribution is 0.259. The van der Waals surface area contributed by atoms with E-state index in [9.17, 15) is 0 Å². The summed E-state index contributed by atoms with van der Waals surface area (Å²) in [6, 6.07) is 9.15. The molecule has 1 unspecified atom stereocenters. The van der Waals surface area contributed by atoms with Crippen LogP contribution in [0, 0.1) is 0 Å². The third-order valence-electron chi connectivity index (χ3n) is 4.41. The van der Waals surface area contributed by atoms with Crippen LogP contribution in [-0.4, -0.2) is 40.4 Å². The Bertz CT molecular complexity index is 575. The number of nitrogens with one attached hydrogen (secondary N) is 1. The number of likely N-dealkylation sites (tertiary alicyclic amines) is 1. The highest BCUT2D eigenvalue weighted by Gasteiger charge is 2.22. The first kappa shape index (κ1) is 13.6. The minimum absolute atomic E-state index is 0.704. The van der Waals surface area contributed by atoms with Gasteiger partial charge in [-0.3, -0.25) is 9.58 Å². The summed E-state index contributed by atoms with van der Waals surface area (Å²) in [5.41, 5.74) is 2.37. The average molecular weight is 272 g/mol. The van der Waals surface area contributed by atoms with Gasteiger partial charge in [0, 0.05) is 31.6 Å². The van der Waals surface area contributed by atoms with Gasteiger partial charge in [0.1, 0.15) is 0 Å². The lowest BCUT2D eigenvalue weighted by atomic mass is 10.2. The minimum atomic E-state index is 0.704. The maximum atomic E-state index is 4.63. The Balaban J connectivity index is 1.63. The predicted molar refractivity (Wildman–Crippen MR) is 82.7 cm³/mol. The van der Waals surface area contributed by atoms with Gasteiger partial charge in [-0.25, -0.2) is 0 Å². The van der Waals surface area contributed by atoms with Crippen LogP contribution in [0.5, 0.6) is 0 Å². The molecule has 1 saturated heterocycles. The lowest BCUT2D eigenvalue weighted by Crippen LogP contribution is -2.37. The van der Waals surface area contributed by atoms with Crippen LogP contribution >= 0.6 is 0 Å². The van der Waals surface area contributed by atoms with E-state index in [1.807, 2.05) is 11.7 Å². The van der Waals surface area contributed by atoms with Gasteiger partial charge in [0.2, 0.25) is 0 Å². The molecule has 0 saturated carbocycles. The Morgan fingerprint density at radius 3 is 3.05 bits per heavy atom. The molecule has 108 valence electrons. The fraction of sp³-hybridized carbons (Fsp3) is 0.562. The highest BCUT2D eigenvalue weighted by molar-refractivity contribution is 5.81. The quantitative estimate of drug-likeness (QED) is 0.905. The molecule has 2 heterocycles. The van der Waals surface area contributed by atoms with Crippen LogP contribution in [0.15, 0.2) is 24.3 Å². The second-order valence-corrected chi connectivity index (χ2v) is 5.64. The number of hydrogen-bond donors (Lipinski definition) is 1. The number of aryl methyl sites for hydroxylation is 1. The molecule has 20 heavy (non-hydrogen) atoms. The number of para-hydroxylation sites is 1. The summed E-state index contributed by atoms with van der Waals surface area (Å²) in [4.78, 5) is 2.57. The van der Waals surface area contributed by atoms with E-state index >= 15 is 0 Å². The normalized spacial score (nSPS) is 20.0. The van der Waals surface area contributed by atoms with Crippen molar-refractivity contribution < 1.29 is 0 Å². The number of nitrogens with zero attached hydrogens (tertiary/aromatic N) is 3. The van der Waals surface area contributed by atoms with Crippen molar-refractivity contribution in [3.8, 4) is 0 Å². The van der Waals surface area contributed by atoms with E-state index in [0.29, 0.717) is 6.04 Å². The van der Waals surface area contributed by atoms with E-state index in [1.165, 1.54) is 36.8 Å². The third kappa shape index (κ3) is 2.58. The molecular weight excluding hydrogens is 248 g/mol. The first-order chi connectivity index (χ1) is 9.79. The van der Waals surface area contributed by atoms with Crippen LogP contribution in [0.4, 0.5) is 0 Å². The summed E-state index contributed by atoms with van der Waals surface area (Å²) < 4.78 is 1.97. The van der Waals surface area contributed by atoms with Crippen LogP contribution in [0.2, 0.25) is 0 Å². The molecule has 1 N–H and O–H groups in total. The zero-order valence-electron chi connectivity index (χ0n) is 12.5. The maximum Gasteiger partial charge on any atom is 0.0841 e. The van der Waals surface area contributed by atoms with Gasteiger partial charge in [-0.15, -0.1) is 0 Å². The van der Waals surface area contributed by atoms with Gasteiger partial charge in [0.05, 0.1) is 11.2 Å². The molecule has 1 aromatic carbocycles. The summed E-state index contributed by atoms with van der Waals surface area (Å²) in [5.74, 6) is 0. The number of rotatable bonds is 5. The van der Waals surface area contributed by atoms with Crippen molar-refractivity contribution in [2.24, 2.45) is 7.05 Å². The monoisotopic (exact) mass is 272 g/mol. The van der Waals surface area contributed by atoms with Crippen molar-refractivity contribution in [1.82, 2.24) is 20.0 Å². The van der Waals surface area contributed by atoms with Crippen molar-refractivity contribution >= 4 is 10.9 Å². The SMILES string of the molecule is CCN1CCCC1CNCc1nn(C)c2ccccc12. The molecule has 0 amide bonds. The van der Waals surface area contributed by atoms with Crippen molar-refractivity contribution in [2.45, 2.75) is 32.4 Å². The molecule has 1 atom stereocenters. The Kier molecular flexibility index (Phi) is 4.03. The topological polar surface area (TPSA) is 33.1 Å². The Morgan fingerprint density at radius 1 is 1.35 bits per heavy atom. The van der Waals surface area contributed by atoms with E-state index < -0.39 is 0 Å². The van der Waals surface area contributed by atoms with Crippen molar-refractivity contribution in [3.63, 3.8) is 0 Å². The van der Waals surface area contributed by atoms with E-state index in [-0.39, 0.29) is 0 Å². The average Bonchev–Trinajstić information content (AvgIpc) is 3.05. The van der Waals surface area contributed by atoms with Crippen LogP contribution < -0.4 is 5.32 Å². The highest BCUT2D eigenvalue weighted by Crippen LogP contribution is 2.18. The van der Waals surface area contributed by atoms with E-state index in [0.717, 1.165) is 18.8 Å². The Hall–Kier alpha value is -1.39. The Morgan fingerprint density at radius 2 is 2.20 bits per heavy atom. The summed E-state index contributed by atoms with van der Waals surface area (Å²) in [7, 11) is 2.02. The number of aromatic nitrogens is 2. The molecule has 4 heteroatoms. The zero-order chi connectivity index (χ0) is 13.9. The summed E-state index contributed by atoms with van der Waals surface area (Å²) >= 11 is 0. The van der Waals surface area contributed by atoms with Crippen molar-refractivity contribution in [2.75, 3.05) is 19.6 Å². The second-order valence-electron chi connectivity index (χ2n) is 5.64. The number of benzene rings is 1. The summed E-state index contributed by atoms with van der Waals surface area (Å²) in [6.45, 7) is 6.60. The summed E-state index contributed by atoms with van der Waals surface area (Å²) in [6.07, 6.45) is 2.66. The van der Waals surface area contributed by atoms with Crippen LogP contribution in [0.1, 0.15) is 25.5 Å². The van der Waals surface area contributed by atoms with Gasteiger partial charge in [-0.05, 0) is 32.0 Å². The van der Waals surface area contributed by atoms with E-state index in [1.54, 1.807) is 0 Å². The molecular formula is C16H24N4. The molecule has 2 aromatic rings. The van der Waals surface area contributed by atoms with Crippen LogP contribution in [0.3, 0.4) is 0 Å². The van der Waals surface area contributed by atoms with Gasteiger partial charge in [-0.1, -0.05) is 25.1 Å². The first-order valence-corrected chi connectivity index (χ1v) is 7.65. The van der Waals surface area contributed by atoms with E-state index in [2.05, 4.69) is 46.5 Å². The van der Waals surface area contributed by atoms with Gasteiger partial charge < -0.3 is 5.32 Å². The van der Waals surface area contributed by atoms with Gasteiger partial charge >= 0.3 is 0 Å². The van der Waals surface area contributed by atoms with Gasteiger partial charge in [0.25, 0.3) is 0 Å². The molecule has 1 aliphatic rings. The first-order valence-electron chi connectivity index (χ1n) is 7.65. The van der Waals surface area contributed by atoms with Gasteiger partial charge in [0.15, 0.2) is 0 Å². The lowest BCUT2D eigenvalue weighted by Gasteiger charge is -2.22. The van der Waals surface area contributed by atoms with Crippen LogP contribution in [-0.2, 0) is 13.6 Å². The fourth-order valence-corrected chi connectivity index (χ4v) is 3.32. The van der Waals surface area contributed by atoms with Crippen molar-refractivity contribution in [1.29, 1.82) is 0 Å². The molecule has 3 rings (SSSR count). The van der Waals surface area contributed by atoms with Crippen LogP contribution in [0.25, 0.3) is 10.9 Å². The molecule has 1 aliphatic heterocycles. The predicted octanol–water partition coefficient (Wildman–Crippen LogP) is 2.15. The zero-order valence-corrected chi connectivity index (χ0v) is 12.5. The maximum absolute atomic E-state index is 4.63. The minimum Gasteiger partial charge on any atom is -0.310 e. The molecule has 0 spiro atoms. The smallest absolute Gasteiger partial charge is 0.0841 e. The standard InChI is InChI=1S/C16H24N4/c1-3-20-10-6-7-13(20)11-17-12-15-14-8-4-5-9-16(14)19(2)18-15/h4-5,8-9,13,17H,3,6-7,10-12H2,1-2H3. The number of likely N-dealkylation sites (N-methyl/N-ethyl adjacent to an activating group) is 1.